The van der Waals surface area contributed by atoms with Gasteiger partial charge in [-0.05, 0) is 30.9 Å². The molecule has 3 nitrogen and oxygen atoms in total. The molecule has 1 saturated carbocycles. The first kappa shape index (κ1) is 13.8. The van der Waals surface area contributed by atoms with E-state index in [1.165, 1.54) is 25.7 Å². The van der Waals surface area contributed by atoms with Crippen LogP contribution < -0.4 is 0 Å². The molecule has 1 aliphatic carbocycles. The number of hydrogen-bond acceptors (Lipinski definition) is 3. The van der Waals surface area contributed by atoms with Crippen molar-refractivity contribution in [2.24, 2.45) is 5.92 Å². The average Bonchev–Trinajstić information content (AvgIpc) is 2.84. The Balaban J connectivity index is 2.01. The summed E-state index contributed by atoms with van der Waals surface area (Å²) < 4.78 is 0. The summed E-state index contributed by atoms with van der Waals surface area (Å²) in [7, 11) is 0. The van der Waals surface area contributed by atoms with E-state index in [-0.39, 0.29) is 0 Å². The van der Waals surface area contributed by atoms with E-state index in [1.807, 2.05) is 12.1 Å². The van der Waals surface area contributed by atoms with Crippen LogP contribution in [0.25, 0.3) is 0 Å². The van der Waals surface area contributed by atoms with Crippen LogP contribution >= 0.6 is 11.6 Å². The van der Waals surface area contributed by atoms with Crippen molar-refractivity contribution in [1.29, 1.82) is 0 Å². The zero-order valence-corrected chi connectivity index (χ0v) is 12.0. The highest BCUT2D eigenvalue weighted by molar-refractivity contribution is 6.29. The highest BCUT2D eigenvalue weighted by Crippen LogP contribution is 2.25. The molecule has 0 aliphatic heterocycles. The molecule has 1 fully saturated rings. The fourth-order valence-corrected chi connectivity index (χ4v) is 2.82. The van der Waals surface area contributed by atoms with Crippen molar-refractivity contribution in [3.8, 4) is 0 Å². The van der Waals surface area contributed by atoms with Gasteiger partial charge in [-0.2, -0.15) is 5.10 Å². The Morgan fingerprint density at radius 3 is 2.56 bits per heavy atom. The molecule has 0 radical (unpaired) electrons. The molecule has 0 bridgehead atoms. The lowest BCUT2D eigenvalue weighted by atomic mass is 10.1. The highest BCUT2D eigenvalue weighted by atomic mass is 35.5. The molecule has 4 heteroatoms. The Kier molecular flexibility index (Phi) is 4.95. The van der Waals surface area contributed by atoms with Crippen molar-refractivity contribution in [2.75, 3.05) is 6.54 Å². The minimum atomic E-state index is 0.468. The van der Waals surface area contributed by atoms with Gasteiger partial charge in [0.25, 0.3) is 0 Å². The maximum absolute atomic E-state index is 5.77. The van der Waals surface area contributed by atoms with Crippen LogP contribution in [0.5, 0.6) is 0 Å². The first-order valence-corrected chi connectivity index (χ1v) is 7.25. The van der Waals surface area contributed by atoms with Gasteiger partial charge in [-0.15, -0.1) is 5.10 Å². The zero-order chi connectivity index (χ0) is 13.0. The lowest BCUT2D eigenvalue weighted by Gasteiger charge is -2.29. The largest absolute Gasteiger partial charge is 0.294 e. The Morgan fingerprint density at radius 1 is 1.28 bits per heavy atom. The fraction of sp³-hybridized carbons (Fsp3) is 0.714. The van der Waals surface area contributed by atoms with Crippen LogP contribution in [0.1, 0.15) is 45.2 Å². The molecule has 1 aromatic rings. The van der Waals surface area contributed by atoms with E-state index >= 15 is 0 Å². The molecule has 100 valence electrons. The van der Waals surface area contributed by atoms with Crippen LogP contribution in [-0.4, -0.2) is 27.7 Å². The van der Waals surface area contributed by atoms with E-state index < -0.39 is 0 Å². The van der Waals surface area contributed by atoms with Gasteiger partial charge >= 0.3 is 0 Å². The van der Waals surface area contributed by atoms with E-state index in [0.717, 1.165) is 24.8 Å². The van der Waals surface area contributed by atoms with Crippen molar-refractivity contribution in [1.82, 2.24) is 15.1 Å². The smallest absolute Gasteiger partial charge is 0.151 e. The topological polar surface area (TPSA) is 29.0 Å². The summed E-state index contributed by atoms with van der Waals surface area (Å²) in [5.41, 5.74) is 1.02. The molecule has 2 rings (SSSR count). The molecule has 1 aromatic heterocycles. The van der Waals surface area contributed by atoms with Gasteiger partial charge in [0.2, 0.25) is 0 Å². The van der Waals surface area contributed by atoms with Gasteiger partial charge in [-0.1, -0.05) is 38.3 Å². The number of rotatable bonds is 5. The SMILES string of the molecule is CC(C)CN(Cc1ccc(Cl)nn1)C1CCCC1. The maximum Gasteiger partial charge on any atom is 0.151 e. The predicted molar refractivity (Wildman–Crippen MR) is 74.5 cm³/mol. The van der Waals surface area contributed by atoms with Gasteiger partial charge in [-0.25, -0.2) is 0 Å². The zero-order valence-electron chi connectivity index (χ0n) is 11.3. The van der Waals surface area contributed by atoms with Crippen molar-refractivity contribution >= 4 is 11.6 Å². The van der Waals surface area contributed by atoms with Gasteiger partial charge in [-0.3, -0.25) is 4.90 Å². The van der Waals surface area contributed by atoms with E-state index in [2.05, 4.69) is 28.9 Å². The van der Waals surface area contributed by atoms with E-state index in [1.54, 1.807) is 0 Å². The molecule has 1 aliphatic rings. The van der Waals surface area contributed by atoms with Crippen molar-refractivity contribution in [3.63, 3.8) is 0 Å². The molecule has 1 heterocycles. The molecular formula is C14H22ClN3. The van der Waals surface area contributed by atoms with Crippen LogP contribution in [0, 0.1) is 5.92 Å². The van der Waals surface area contributed by atoms with Crippen LogP contribution in [-0.2, 0) is 6.54 Å². The predicted octanol–water partition coefficient (Wildman–Crippen LogP) is 3.53. The number of halogens is 1. The summed E-state index contributed by atoms with van der Waals surface area (Å²) in [5, 5.41) is 8.57. The number of nitrogens with zero attached hydrogens (tertiary/aromatic N) is 3. The van der Waals surface area contributed by atoms with Crippen molar-refractivity contribution < 1.29 is 0 Å². The second-order valence-corrected chi connectivity index (χ2v) is 6.00. The lowest BCUT2D eigenvalue weighted by molar-refractivity contribution is 0.166. The van der Waals surface area contributed by atoms with Gasteiger partial charge in [0.15, 0.2) is 5.15 Å². The van der Waals surface area contributed by atoms with E-state index in [9.17, 15) is 0 Å². The van der Waals surface area contributed by atoms with Crippen LogP contribution in [0.3, 0.4) is 0 Å². The van der Waals surface area contributed by atoms with E-state index in [4.69, 9.17) is 11.6 Å². The second-order valence-electron chi connectivity index (χ2n) is 5.61. The molecule has 0 aromatic carbocycles. The van der Waals surface area contributed by atoms with E-state index in [0.29, 0.717) is 11.1 Å². The third-order valence-corrected chi connectivity index (χ3v) is 3.69. The van der Waals surface area contributed by atoms with Crippen LogP contribution in [0.4, 0.5) is 0 Å². The molecule has 0 amide bonds. The summed E-state index contributed by atoms with van der Waals surface area (Å²) in [6, 6.07) is 4.54. The monoisotopic (exact) mass is 267 g/mol. The van der Waals surface area contributed by atoms with Crippen molar-refractivity contribution in [3.05, 3.63) is 23.0 Å². The fourth-order valence-electron chi connectivity index (χ4n) is 2.72. The van der Waals surface area contributed by atoms with Gasteiger partial charge in [0, 0.05) is 19.1 Å². The van der Waals surface area contributed by atoms with Crippen LogP contribution in [0.15, 0.2) is 12.1 Å². The Labute approximate surface area is 115 Å². The highest BCUT2D eigenvalue weighted by Gasteiger charge is 2.23. The molecule has 18 heavy (non-hydrogen) atoms. The summed E-state index contributed by atoms with van der Waals surface area (Å²) in [6.45, 7) is 6.58. The summed E-state index contributed by atoms with van der Waals surface area (Å²) in [4.78, 5) is 2.57. The molecule has 0 unspecified atom stereocenters. The molecule has 0 saturated heterocycles. The van der Waals surface area contributed by atoms with Gasteiger partial charge in [0.05, 0.1) is 5.69 Å². The maximum atomic E-state index is 5.77. The normalized spacial score (nSPS) is 16.9. The average molecular weight is 268 g/mol. The third-order valence-electron chi connectivity index (χ3n) is 3.49. The minimum Gasteiger partial charge on any atom is -0.294 e. The summed E-state index contributed by atoms with van der Waals surface area (Å²) in [5.74, 6) is 0.686. The molecule has 0 atom stereocenters. The van der Waals surface area contributed by atoms with Gasteiger partial charge in [0.1, 0.15) is 0 Å². The Hall–Kier alpha value is -0.670. The van der Waals surface area contributed by atoms with Gasteiger partial charge < -0.3 is 0 Å². The second kappa shape index (κ2) is 6.48. The Bertz CT molecular complexity index is 358. The first-order chi connectivity index (χ1) is 8.65. The lowest BCUT2D eigenvalue weighted by Crippen LogP contribution is -2.36. The quantitative estimate of drug-likeness (QED) is 0.817. The molecule has 0 N–H and O–H groups in total. The van der Waals surface area contributed by atoms with Crippen LogP contribution in [0.2, 0.25) is 5.15 Å². The first-order valence-electron chi connectivity index (χ1n) is 6.87. The standard InChI is InChI=1S/C14H22ClN3/c1-11(2)9-18(13-5-3-4-6-13)10-12-7-8-14(15)17-16-12/h7-8,11,13H,3-6,9-10H2,1-2H3. The minimum absolute atomic E-state index is 0.468. The number of hydrogen-bond donors (Lipinski definition) is 0. The third kappa shape index (κ3) is 3.92. The molecular weight excluding hydrogens is 246 g/mol. The van der Waals surface area contributed by atoms with Crippen molar-refractivity contribution in [2.45, 2.75) is 52.1 Å². The molecule has 0 spiro atoms. The summed E-state index contributed by atoms with van der Waals surface area (Å²) >= 11 is 5.77. The Morgan fingerprint density at radius 2 is 2.00 bits per heavy atom. The summed E-state index contributed by atoms with van der Waals surface area (Å²) in [6.07, 6.45) is 5.39. The number of aromatic nitrogens is 2.